The fraction of sp³-hybridized carbons (Fsp3) is 0.200. The second kappa shape index (κ2) is 8.10. The van der Waals surface area contributed by atoms with Gasteiger partial charge in [-0.3, -0.25) is 9.36 Å². The first-order valence-corrected chi connectivity index (χ1v) is 9.19. The van der Waals surface area contributed by atoms with Gasteiger partial charge < -0.3 is 10.1 Å². The lowest BCUT2D eigenvalue weighted by atomic mass is 10.2. The van der Waals surface area contributed by atoms with Crippen molar-refractivity contribution in [3.63, 3.8) is 0 Å². The minimum atomic E-state index is -0.274. The number of carbonyl (C=O) groups excluding carboxylic acids is 1. The largest absolute Gasteiger partial charge is 0.497 e. The van der Waals surface area contributed by atoms with Gasteiger partial charge in [-0.1, -0.05) is 30.0 Å². The maximum absolute atomic E-state index is 12.2. The minimum Gasteiger partial charge on any atom is -0.497 e. The van der Waals surface area contributed by atoms with Crippen LogP contribution in [0.2, 0.25) is 0 Å². The van der Waals surface area contributed by atoms with Gasteiger partial charge in [0.2, 0.25) is 5.91 Å². The van der Waals surface area contributed by atoms with Gasteiger partial charge in [-0.05, 0) is 43.3 Å². The zero-order valence-corrected chi connectivity index (χ0v) is 15.6. The van der Waals surface area contributed by atoms with Gasteiger partial charge in [0, 0.05) is 12.2 Å². The topological polar surface area (TPSA) is 56.2 Å². The summed E-state index contributed by atoms with van der Waals surface area (Å²) in [5.41, 5.74) is 2.86. The third-order valence-electron chi connectivity index (χ3n) is 3.93. The van der Waals surface area contributed by atoms with Crippen LogP contribution in [0.3, 0.4) is 0 Å². The van der Waals surface area contributed by atoms with Gasteiger partial charge in [0.05, 0.1) is 23.4 Å². The van der Waals surface area contributed by atoms with Crippen LogP contribution >= 0.6 is 11.8 Å². The molecule has 0 fully saturated rings. The van der Waals surface area contributed by atoms with E-state index in [2.05, 4.69) is 16.5 Å². The predicted octanol–water partition coefficient (Wildman–Crippen LogP) is 3.82. The third-order valence-corrected chi connectivity index (χ3v) is 4.98. The van der Waals surface area contributed by atoms with E-state index in [4.69, 9.17) is 9.72 Å². The minimum absolute atomic E-state index is 0.0387. The highest BCUT2D eigenvalue weighted by molar-refractivity contribution is 8.00. The highest BCUT2D eigenvalue weighted by Crippen LogP contribution is 2.31. The number of ether oxygens (including phenoxy) is 1. The number of fused-ring (bicyclic) bond motifs is 1. The lowest BCUT2D eigenvalue weighted by molar-refractivity contribution is -0.120. The molecule has 0 unspecified atom stereocenters. The van der Waals surface area contributed by atoms with Crippen LogP contribution in [0.25, 0.3) is 16.7 Å². The summed E-state index contributed by atoms with van der Waals surface area (Å²) in [4.78, 5) is 16.9. The van der Waals surface area contributed by atoms with Gasteiger partial charge in [0.25, 0.3) is 0 Å². The molecule has 3 aromatic rings. The van der Waals surface area contributed by atoms with Crippen LogP contribution in [0, 0.1) is 0 Å². The van der Waals surface area contributed by atoms with Gasteiger partial charge >= 0.3 is 0 Å². The molecule has 0 radical (unpaired) electrons. The highest BCUT2D eigenvalue weighted by Gasteiger charge is 2.19. The van der Waals surface area contributed by atoms with E-state index in [1.165, 1.54) is 11.8 Å². The van der Waals surface area contributed by atoms with Gasteiger partial charge in [-0.2, -0.15) is 0 Å². The Morgan fingerprint density at radius 3 is 2.73 bits per heavy atom. The van der Waals surface area contributed by atoms with Crippen molar-refractivity contribution in [3.05, 3.63) is 61.2 Å². The number of carbonyl (C=O) groups is 1. The lowest BCUT2D eigenvalue weighted by Crippen LogP contribution is -2.31. The van der Waals surface area contributed by atoms with Crippen molar-refractivity contribution in [3.8, 4) is 11.4 Å². The molecule has 0 saturated carbocycles. The molecule has 0 aliphatic carbocycles. The van der Waals surface area contributed by atoms with Crippen LogP contribution in [0.4, 0.5) is 0 Å². The molecule has 6 heteroatoms. The van der Waals surface area contributed by atoms with Gasteiger partial charge in [0.15, 0.2) is 5.16 Å². The highest BCUT2D eigenvalue weighted by atomic mass is 32.2. The zero-order chi connectivity index (χ0) is 18.5. The second-order valence-electron chi connectivity index (χ2n) is 5.71. The van der Waals surface area contributed by atoms with E-state index in [1.54, 1.807) is 13.2 Å². The number of hydrogen-bond acceptors (Lipinski definition) is 4. The molecule has 0 aliphatic rings. The quantitative estimate of drug-likeness (QED) is 0.509. The average Bonchev–Trinajstić information content (AvgIpc) is 3.03. The van der Waals surface area contributed by atoms with E-state index in [0.717, 1.165) is 27.6 Å². The standard InChI is InChI=1S/C20H21N3O2S/c1-4-13-21-19(24)14(2)26-20-22-17-7-5-6-8-18(17)23(20)15-9-11-16(25-3)12-10-15/h4-12,14H,1,13H2,2-3H3,(H,21,24)/t14-/m0/s1. The van der Waals surface area contributed by atoms with E-state index in [-0.39, 0.29) is 11.2 Å². The van der Waals surface area contributed by atoms with Gasteiger partial charge in [0.1, 0.15) is 5.75 Å². The molecule has 134 valence electrons. The maximum atomic E-state index is 12.2. The number of imidazole rings is 1. The van der Waals surface area contributed by atoms with Crippen molar-refractivity contribution < 1.29 is 9.53 Å². The summed E-state index contributed by atoms with van der Waals surface area (Å²) >= 11 is 1.43. The monoisotopic (exact) mass is 367 g/mol. The van der Waals surface area contributed by atoms with Crippen LogP contribution in [-0.2, 0) is 4.79 Å². The number of para-hydroxylation sites is 2. The van der Waals surface area contributed by atoms with Crippen LogP contribution in [0.5, 0.6) is 5.75 Å². The molecule has 1 aromatic heterocycles. The summed E-state index contributed by atoms with van der Waals surface area (Å²) in [6.45, 7) is 5.96. The van der Waals surface area contributed by atoms with E-state index in [0.29, 0.717) is 6.54 Å². The van der Waals surface area contributed by atoms with Crippen molar-refractivity contribution in [2.24, 2.45) is 0 Å². The fourth-order valence-electron chi connectivity index (χ4n) is 2.59. The maximum Gasteiger partial charge on any atom is 0.233 e. The number of rotatable bonds is 7. The molecule has 1 atom stereocenters. The molecule has 1 amide bonds. The zero-order valence-electron chi connectivity index (χ0n) is 14.8. The van der Waals surface area contributed by atoms with E-state index in [1.807, 2.05) is 55.5 Å². The van der Waals surface area contributed by atoms with E-state index >= 15 is 0 Å². The van der Waals surface area contributed by atoms with Crippen LogP contribution in [0.15, 0.2) is 66.3 Å². The summed E-state index contributed by atoms with van der Waals surface area (Å²) in [7, 11) is 1.65. The Bertz CT molecular complexity index is 918. The Morgan fingerprint density at radius 1 is 1.31 bits per heavy atom. The Balaban J connectivity index is 1.99. The van der Waals surface area contributed by atoms with Crippen molar-refractivity contribution in [1.29, 1.82) is 0 Å². The summed E-state index contributed by atoms with van der Waals surface area (Å²) in [5, 5.41) is 3.33. The molecule has 1 N–H and O–H groups in total. The number of benzene rings is 2. The smallest absolute Gasteiger partial charge is 0.233 e. The van der Waals surface area contributed by atoms with Gasteiger partial charge in [-0.15, -0.1) is 6.58 Å². The van der Waals surface area contributed by atoms with Crippen molar-refractivity contribution in [1.82, 2.24) is 14.9 Å². The Hall–Kier alpha value is -2.73. The molecule has 0 saturated heterocycles. The molecule has 0 bridgehead atoms. The Kier molecular flexibility index (Phi) is 5.63. The number of nitrogens with one attached hydrogen (secondary N) is 1. The number of thioether (sulfide) groups is 1. The number of nitrogens with zero attached hydrogens (tertiary/aromatic N) is 2. The summed E-state index contributed by atoms with van der Waals surface area (Å²) in [6.07, 6.45) is 1.67. The average molecular weight is 367 g/mol. The van der Waals surface area contributed by atoms with Crippen molar-refractivity contribution in [2.45, 2.75) is 17.3 Å². The Labute approximate surface area is 157 Å². The Morgan fingerprint density at radius 2 is 2.04 bits per heavy atom. The first-order valence-electron chi connectivity index (χ1n) is 8.31. The number of aromatic nitrogens is 2. The second-order valence-corrected chi connectivity index (χ2v) is 7.02. The number of amides is 1. The van der Waals surface area contributed by atoms with E-state index in [9.17, 15) is 4.79 Å². The van der Waals surface area contributed by atoms with Crippen molar-refractivity contribution in [2.75, 3.05) is 13.7 Å². The third kappa shape index (κ3) is 3.75. The lowest BCUT2D eigenvalue weighted by Gasteiger charge is -2.13. The van der Waals surface area contributed by atoms with Crippen LogP contribution < -0.4 is 10.1 Å². The molecule has 26 heavy (non-hydrogen) atoms. The molecule has 0 spiro atoms. The number of methoxy groups -OCH3 is 1. The number of hydrogen-bond donors (Lipinski definition) is 1. The van der Waals surface area contributed by atoms with Crippen LogP contribution in [0.1, 0.15) is 6.92 Å². The molecule has 2 aromatic carbocycles. The van der Waals surface area contributed by atoms with Crippen LogP contribution in [-0.4, -0.2) is 34.4 Å². The fourth-order valence-corrected chi connectivity index (χ4v) is 3.56. The molecule has 5 nitrogen and oxygen atoms in total. The predicted molar refractivity (Wildman–Crippen MR) is 106 cm³/mol. The van der Waals surface area contributed by atoms with Gasteiger partial charge in [-0.25, -0.2) is 4.98 Å². The molecular weight excluding hydrogens is 346 g/mol. The molecule has 0 aliphatic heterocycles. The normalized spacial score (nSPS) is 11.9. The molecular formula is C20H21N3O2S. The van der Waals surface area contributed by atoms with Crippen molar-refractivity contribution >= 4 is 28.7 Å². The molecule has 3 rings (SSSR count). The molecule has 1 heterocycles. The summed E-state index contributed by atoms with van der Waals surface area (Å²) in [6, 6.07) is 15.7. The summed E-state index contributed by atoms with van der Waals surface area (Å²) < 4.78 is 7.31. The first kappa shape index (κ1) is 18.1. The SMILES string of the molecule is C=CCNC(=O)[C@H](C)Sc1nc2ccccc2n1-c1ccc(OC)cc1. The first-order chi connectivity index (χ1) is 12.6. The van der Waals surface area contributed by atoms with E-state index < -0.39 is 0 Å². The summed E-state index contributed by atoms with van der Waals surface area (Å²) in [5.74, 6) is 0.757.